The van der Waals surface area contributed by atoms with Crippen LogP contribution in [0.25, 0.3) is 11.0 Å². The van der Waals surface area contributed by atoms with Crippen LogP contribution in [0.2, 0.25) is 0 Å². The Balaban J connectivity index is 1.67. The lowest BCUT2D eigenvalue weighted by atomic mass is 10.1. The number of hydrogen-bond donors (Lipinski definition) is 1. The van der Waals surface area contributed by atoms with Gasteiger partial charge in [0.2, 0.25) is 0 Å². The first kappa shape index (κ1) is 18.7. The van der Waals surface area contributed by atoms with E-state index in [1.165, 1.54) is 22.7 Å². The molecular weight excluding hydrogens is 364 g/mol. The molecule has 0 unspecified atom stereocenters. The fourth-order valence-electron chi connectivity index (χ4n) is 3.17. The molecule has 1 N–H and O–H groups in total. The highest BCUT2D eigenvalue weighted by Crippen LogP contribution is 2.23. The van der Waals surface area contributed by atoms with Gasteiger partial charge in [-0.15, -0.1) is 4.73 Å². The smallest absolute Gasteiger partial charge is 0.287 e. The van der Waals surface area contributed by atoms with E-state index in [1.54, 1.807) is 0 Å². The molecule has 2 aromatic carbocycles. The van der Waals surface area contributed by atoms with Gasteiger partial charge in [0, 0.05) is 12.6 Å². The standard InChI is InChI=1S/C23H22N4O2/c1-16-8-10-18(11-9-16)13-24-20-12-21(28)27(23-22(20)17(2)25-15-26-23)29-14-19-6-4-3-5-7-19/h3-12,15,24H,13-14H2,1-2H3. The molecule has 2 heterocycles. The number of nitrogens with one attached hydrogen (secondary N) is 1. The predicted octanol–water partition coefficient (Wildman–Crippen LogP) is 3.65. The Bertz CT molecular complexity index is 1190. The van der Waals surface area contributed by atoms with E-state index in [9.17, 15) is 4.79 Å². The van der Waals surface area contributed by atoms with Crippen LogP contribution in [0.15, 0.2) is 71.8 Å². The van der Waals surface area contributed by atoms with Crippen LogP contribution in [0.1, 0.15) is 22.4 Å². The molecule has 6 nitrogen and oxygen atoms in total. The molecule has 0 saturated heterocycles. The van der Waals surface area contributed by atoms with Crippen molar-refractivity contribution in [1.29, 1.82) is 0 Å². The molecule has 0 aliphatic carbocycles. The molecular formula is C23H22N4O2. The van der Waals surface area contributed by atoms with E-state index in [0.717, 1.165) is 22.2 Å². The van der Waals surface area contributed by atoms with Crippen molar-refractivity contribution in [2.45, 2.75) is 27.0 Å². The highest BCUT2D eigenvalue weighted by Gasteiger charge is 2.14. The zero-order valence-electron chi connectivity index (χ0n) is 16.4. The summed E-state index contributed by atoms with van der Waals surface area (Å²) in [5.74, 6) is 0. The largest absolute Gasteiger partial charge is 0.404 e. The summed E-state index contributed by atoms with van der Waals surface area (Å²) in [6.45, 7) is 4.82. The van der Waals surface area contributed by atoms with E-state index in [4.69, 9.17) is 4.84 Å². The Hall–Kier alpha value is -3.67. The molecule has 0 radical (unpaired) electrons. The Kier molecular flexibility index (Phi) is 5.24. The fourth-order valence-corrected chi connectivity index (χ4v) is 3.17. The van der Waals surface area contributed by atoms with Crippen LogP contribution in [0, 0.1) is 13.8 Å². The number of benzene rings is 2. The molecule has 0 fully saturated rings. The first-order valence-electron chi connectivity index (χ1n) is 9.46. The van der Waals surface area contributed by atoms with Crippen molar-refractivity contribution >= 4 is 16.7 Å². The van der Waals surface area contributed by atoms with Gasteiger partial charge in [0.05, 0.1) is 16.8 Å². The van der Waals surface area contributed by atoms with Crippen molar-refractivity contribution in [3.63, 3.8) is 0 Å². The molecule has 4 rings (SSSR count). The molecule has 0 amide bonds. The quantitative estimate of drug-likeness (QED) is 0.548. The number of anilines is 1. The molecule has 2 aromatic heterocycles. The second-order valence-electron chi connectivity index (χ2n) is 6.95. The van der Waals surface area contributed by atoms with Crippen LogP contribution in [0.4, 0.5) is 5.69 Å². The van der Waals surface area contributed by atoms with E-state index in [-0.39, 0.29) is 12.2 Å². The number of fused-ring (bicyclic) bond motifs is 1. The number of aromatic nitrogens is 3. The molecule has 0 saturated carbocycles. The lowest BCUT2D eigenvalue weighted by Crippen LogP contribution is -2.28. The molecule has 6 heteroatoms. The Morgan fingerprint density at radius 1 is 0.966 bits per heavy atom. The second kappa shape index (κ2) is 8.14. The highest BCUT2D eigenvalue weighted by atomic mass is 16.7. The maximum Gasteiger partial charge on any atom is 0.287 e. The van der Waals surface area contributed by atoms with Crippen LogP contribution in [-0.4, -0.2) is 14.7 Å². The molecule has 0 spiro atoms. The van der Waals surface area contributed by atoms with E-state index in [0.29, 0.717) is 17.9 Å². The molecule has 4 aromatic rings. The molecule has 0 aliphatic heterocycles. The van der Waals surface area contributed by atoms with Gasteiger partial charge in [-0.2, -0.15) is 0 Å². The maximum atomic E-state index is 12.8. The summed E-state index contributed by atoms with van der Waals surface area (Å²) >= 11 is 0. The van der Waals surface area contributed by atoms with Gasteiger partial charge < -0.3 is 10.2 Å². The third-order valence-electron chi connectivity index (χ3n) is 4.75. The fraction of sp³-hybridized carbons (Fsp3) is 0.174. The lowest BCUT2D eigenvalue weighted by Gasteiger charge is -2.15. The molecule has 0 bridgehead atoms. The van der Waals surface area contributed by atoms with Gasteiger partial charge in [-0.25, -0.2) is 9.97 Å². The topological polar surface area (TPSA) is 69.0 Å². The zero-order valence-corrected chi connectivity index (χ0v) is 16.4. The van der Waals surface area contributed by atoms with E-state index < -0.39 is 0 Å². The van der Waals surface area contributed by atoms with Gasteiger partial charge in [-0.05, 0) is 25.0 Å². The molecule has 29 heavy (non-hydrogen) atoms. The molecule has 146 valence electrons. The number of hydrogen-bond acceptors (Lipinski definition) is 5. The van der Waals surface area contributed by atoms with Crippen LogP contribution in [0.3, 0.4) is 0 Å². The SMILES string of the molecule is Cc1ccc(CNc2cc(=O)n(OCc3ccccc3)c3ncnc(C)c23)cc1. The van der Waals surface area contributed by atoms with Gasteiger partial charge in [0.15, 0.2) is 5.65 Å². The van der Waals surface area contributed by atoms with Crippen molar-refractivity contribution in [3.8, 4) is 0 Å². The summed E-state index contributed by atoms with van der Waals surface area (Å²) in [4.78, 5) is 27.2. The van der Waals surface area contributed by atoms with Gasteiger partial charge in [-0.3, -0.25) is 4.79 Å². The summed E-state index contributed by atoms with van der Waals surface area (Å²) < 4.78 is 1.24. The Morgan fingerprint density at radius 2 is 1.72 bits per heavy atom. The maximum absolute atomic E-state index is 12.8. The summed E-state index contributed by atoms with van der Waals surface area (Å²) in [6, 6.07) is 19.5. The first-order valence-corrected chi connectivity index (χ1v) is 9.46. The van der Waals surface area contributed by atoms with Gasteiger partial charge >= 0.3 is 0 Å². The third-order valence-corrected chi connectivity index (χ3v) is 4.75. The average Bonchev–Trinajstić information content (AvgIpc) is 2.73. The summed E-state index contributed by atoms with van der Waals surface area (Å²) in [5.41, 5.74) is 4.95. The van der Waals surface area contributed by atoms with Gasteiger partial charge in [-0.1, -0.05) is 60.2 Å². The van der Waals surface area contributed by atoms with Gasteiger partial charge in [0.25, 0.3) is 5.56 Å². The normalized spacial score (nSPS) is 10.8. The van der Waals surface area contributed by atoms with E-state index in [2.05, 4.69) is 46.5 Å². The van der Waals surface area contributed by atoms with Crippen molar-refractivity contribution in [3.05, 3.63) is 99.7 Å². The van der Waals surface area contributed by atoms with Gasteiger partial charge in [0.1, 0.15) is 12.9 Å². The van der Waals surface area contributed by atoms with Crippen molar-refractivity contribution in [1.82, 2.24) is 14.7 Å². The Labute approximate surface area is 168 Å². The first-order chi connectivity index (χ1) is 14.1. The van der Waals surface area contributed by atoms with Crippen molar-refractivity contribution in [2.24, 2.45) is 0 Å². The number of nitrogens with zero attached hydrogens (tertiary/aromatic N) is 3. The van der Waals surface area contributed by atoms with Crippen LogP contribution in [0.5, 0.6) is 0 Å². The number of pyridine rings is 1. The minimum atomic E-state index is -0.280. The van der Waals surface area contributed by atoms with Crippen LogP contribution in [-0.2, 0) is 13.2 Å². The average molecular weight is 386 g/mol. The molecule has 0 atom stereocenters. The van der Waals surface area contributed by atoms with E-state index in [1.807, 2.05) is 37.3 Å². The summed E-state index contributed by atoms with van der Waals surface area (Å²) in [6.07, 6.45) is 1.45. The highest BCUT2D eigenvalue weighted by molar-refractivity contribution is 5.90. The number of rotatable bonds is 6. The summed E-state index contributed by atoms with van der Waals surface area (Å²) in [5, 5.41) is 4.13. The zero-order chi connectivity index (χ0) is 20.2. The van der Waals surface area contributed by atoms with Crippen molar-refractivity contribution in [2.75, 3.05) is 5.32 Å². The molecule has 0 aliphatic rings. The summed E-state index contributed by atoms with van der Waals surface area (Å²) in [7, 11) is 0. The monoisotopic (exact) mass is 386 g/mol. The third kappa shape index (κ3) is 4.11. The Morgan fingerprint density at radius 3 is 2.48 bits per heavy atom. The minimum Gasteiger partial charge on any atom is -0.404 e. The predicted molar refractivity (Wildman–Crippen MR) is 114 cm³/mol. The minimum absolute atomic E-state index is 0.273. The van der Waals surface area contributed by atoms with Crippen LogP contribution < -0.4 is 15.7 Å². The van der Waals surface area contributed by atoms with Crippen LogP contribution >= 0.6 is 0 Å². The lowest BCUT2D eigenvalue weighted by molar-refractivity contribution is 0.0979. The number of aryl methyl sites for hydroxylation is 2. The van der Waals surface area contributed by atoms with Crippen molar-refractivity contribution < 1.29 is 4.84 Å². The second-order valence-corrected chi connectivity index (χ2v) is 6.95. The van der Waals surface area contributed by atoms with E-state index >= 15 is 0 Å².